The molecule has 0 heterocycles. The van der Waals surface area contributed by atoms with Gasteiger partial charge in [0.2, 0.25) is 0 Å². The molecule has 0 amide bonds. The molecular formula is C16H22O5. The summed E-state index contributed by atoms with van der Waals surface area (Å²) in [6, 6.07) is 8.93. The highest BCUT2D eigenvalue weighted by Crippen LogP contribution is 2.24. The highest BCUT2D eigenvalue weighted by atomic mass is 16.5. The second-order valence-electron chi connectivity index (χ2n) is 5.35. The third-order valence-corrected chi connectivity index (χ3v) is 3.60. The number of aliphatic hydroxyl groups excluding tert-OH is 2. The molecule has 1 unspecified atom stereocenters. The van der Waals surface area contributed by atoms with Crippen LogP contribution in [0.5, 0.6) is 0 Å². The highest BCUT2D eigenvalue weighted by Gasteiger charge is 2.26. The van der Waals surface area contributed by atoms with Crippen molar-refractivity contribution in [2.75, 3.05) is 13.2 Å². The molecule has 1 aliphatic rings. The average molecular weight is 294 g/mol. The van der Waals surface area contributed by atoms with Crippen LogP contribution >= 0.6 is 0 Å². The van der Waals surface area contributed by atoms with E-state index in [1.54, 1.807) is 24.3 Å². The van der Waals surface area contributed by atoms with E-state index in [1.807, 2.05) is 6.07 Å². The van der Waals surface area contributed by atoms with E-state index in [4.69, 9.17) is 14.6 Å². The maximum Gasteiger partial charge on any atom is 0.338 e. The average Bonchev–Trinajstić information content (AvgIpc) is 2.53. The van der Waals surface area contributed by atoms with E-state index in [2.05, 4.69) is 0 Å². The molecule has 0 radical (unpaired) electrons. The topological polar surface area (TPSA) is 76.0 Å². The van der Waals surface area contributed by atoms with Crippen molar-refractivity contribution in [1.82, 2.24) is 0 Å². The second-order valence-corrected chi connectivity index (χ2v) is 5.35. The number of hydrogen-bond donors (Lipinski definition) is 2. The number of carbonyl (C=O) groups is 1. The van der Waals surface area contributed by atoms with Gasteiger partial charge in [-0.1, -0.05) is 18.2 Å². The number of esters is 1. The molecule has 116 valence electrons. The van der Waals surface area contributed by atoms with Gasteiger partial charge in [0.1, 0.15) is 12.2 Å². The number of rotatable bonds is 6. The molecule has 0 saturated heterocycles. The fourth-order valence-corrected chi connectivity index (χ4v) is 2.45. The van der Waals surface area contributed by atoms with E-state index in [-0.39, 0.29) is 31.4 Å². The molecule has 1 saturated carbocycles. The Morgan fingerprint density at radius 1 is 1.24 bits per heavy atom. The largest absolute Gasteiger partial charge is 0.459 e. The first-order chi connectivity index (χ1) is 10.2. The summed E-state index contributed by atoms with van der Waals surface area (Å²) in [5, 5.41) is 18.1. The van der Waals surface area contributed by atoms with Gasteiger partial charge >= 0.3 is 5.97 Å². The van der Waals surface area contributed by atoms with Gasteiger partial charge in [0.25, 0.3) is 0 Å². The Morgan fingerprint density at radius 3 is 2.67 bits per heavy atom. The van der Waals surface area contributed by atoms with E-state index < -0.39 is 6.10 Å². The van der Waals surface area contributed by atoms with Crippen LogP contribution in [-0.4, -0.2) is 47.7 Å². The first-order valence-corrected chi connectivity index (χ1v) is 7.35. The summed E-state index contributed by atoms with van der Waals surface area (Å²) in [6.45, 7) is -0.195. The van der Waals surface area contributed by atoms with Crippen molar-refractivity contribution in [3.05, 3.63) is 35.9 Å². The van der Waals surface area contributed by atoms with Gasteiger partial charge in [-0.15, -0.1) is 0 Å². The Hall–Kier alpha value is -1.43. The Bertz CT molecular complexity index is 434. The minimum Gasteiger partial charge on any atom is -0.459 e. The molecule has 2 rings (SSSR count). The van der Waals surface area contributed by atoms with Crippen molar-refractivity contribution in [2.45, 2.75) is 44.0 Å². The molecule has 0 bridgehead atoms. The minimum absolute atomic E-state index is 0.0338. The molecular weight excluding hydrogens is 272 g/mol. The Morgan fingerprint density at radius 2 is 1.95 bits per heavy atom. The van der Waals surface area contributed by atoms with Gasteiger partial charge in [0.05, 0.1) is 24.9 Å². The molecule has 0 spiro atoms. The van der Waals surface area contributed by atoms with E-state index >= 15 is 0 Å². The molecule has 5 heteroatoms. The quantitative estimate of drug-likeness (QED) is 0.778. The van der Waals surface area contributed by atoms with Crippen LogP contribution in [0.2, 0.25) is 0 Å². The number of aliphatic hydroxyl groups is 2. The van der Waals surface area contributed by atoms with Crippen molar-refractivity contribution in [3.63, 3.8) is 0 Å². The molecule has 1 aliphatic carbocycles. The Labute approximate surface area is 124 Å². The fraction of sp³-hybridized carbons (Fsp3) is 0.562. The van der Waals surface area contributed by atoms with Gasteiger partial charge in [0.15, 0.2) is 0 Å². The lowest BCUT2D eigenvalue weighted by Crippen LogP contribution is -2.32. The van der Waals surface area contributed by atoms with Gasteiger partial charge in [0, 0.05) is 6.42 Å². The molecule has 0 aliphatic heterocycles. The van der Waals surface area contributed by atoms with Crippen LogP contribution in [0.15, 0.2) is 30.3 Å². The van der Waals surface area contributed by atoms with Crippen LogP contribution in [0.3, 0.4) is 0 Å². The summed E-state index contributed by atoms with van der Waals surface area (Å²) in [4.78, 5) is 12.0. The molecule has 1 aromatic carbocycles. The van der Waals surface area contributed by atoms with Crippen LogP contribution in [-0.2, 0) is 9.47 Å². The van der Waals surface area contributed by atoms with Crippen molar-refractivity contribution in [1.29, 1.82) is 0 Å². The summed E-state index contributed by atoms with van der Waals surface area (Å²) in [6.07, 6.45) is 2.25. The lowest BCUT2D eigenvalue weighted by molar-refractivity contribution is -0.0631. The number of hydrogen-bond acceptors (Lipinski definition) is 5. The molecule has 1 fully saturated rings. The van der Waals surface area contributed by atoms with Crippen molar-refractivity contribution in [3.8, 4) is 0 Å². The van der Waals surface area contributed by atoms with Crippen LogP contribution in [0.25, 0.3) is 0 Å². The van der Waals surface area contributed by atoms with E-state index in [9.17, 15) is 9.90 Å². The standard InChI is InChI=1S/C16H22O5/c17-10-13(18)11-20-14-7-4-8-15(9-14)21-16(19)12-5-2-1-3-6-12/h1-3,5-6,13-15,17-18H,4,7-11H2/t13?,14-,15+/m1/s1. The lowest BCUT2D eigenvalue weighted by atomic mass is 9.94. The molecule has 5 nitrogen and oxygen atoms in total. The summed E-state index contributed by atoms with van der Waals surface area (Å²) in [5.74, 6) is -0.309. The smallest absolute Gasteiger partial charge is 0.338 e. The maximum atomic E-state index is 12.0. The van der Waals surface area contributed by atoms with Gasteiger partial charge < -0.3 is 19.7 Å². The van der Waals surface area contributed by atoms with Crippen LogP contribution in [0.1, 0.15) is 36.0 Å². The van der Waals surface area contributed by atoms with Crippen LogP contribution in [0, 0.1) is 0 Å². The predicted octanol–water partition coefficient (Wildman–Crippen LogP) is 1.52. The summed E-state index contributed by atoms with van der Waals surface area (Å²) >= 11 is 0. The van der Waals surface area contributed by atoms with E-state index in [0.29, 0.717) is 12.0 Å². The van der Waals surface area contributed by atoms with E-state index in [1.165, 1.54) is 0 Å². The number of ether oxygens (including phenoxy) is 2. The summed E-state index contributed by atoms with van der Waals surface area (Å²) in [7, 11) is 0. The first kappa shape index (κ1) is 15.9. The molecule has 21 heavy (non-hydrogen) atoms. The Kier molecular flexibility index (Phi) is 6.17. The normalized spacial score (nSPS) is 23.5. The molecule has 2 N–H and O–H groups in total. The summed E-state index contributed by atoms with van der Waals surface area (Å²) < 4.78 is 11.1. The zero-order valence-electron chi connectivity index (χ0n) is 12.0. The van der Waals surface area contributed by atoms with Crippen molar-refractivity contribution >= 4 is 5.97 Å². The van der Waals surface area contributed by atoms with E-state index in [0.717, 1.165) is 19.3 Å². The SMILES string of the molecule is O=C(O[C@H]1CCC[C@@H](OCC(O)CO)C1)c1ccccc1. The third-order valence-electron chi connectivity index (χ3n) is 3.60. The Balaban J connectivity index is 1.80. The highest BCUT2D eigenvalue weighted by molar-refractivity contribution is 5.89. The zero-order chi connectivity index (χ0) is 15.1. The summed E-state index contributed by atoms with van der Waals surface area (Å²) in [5.41, 5.74) is 0.552. The van der Waals surface area contributed by atoms with Crippen LogP contribution in [0.4, 0.5) is 0 Å². The molecule has 0 aromatic heterocycles. The predicted molar refractivity (Wildman–Crippen MR) is 76.9 cm³/mol. The zero-order valence-corrected chi connectivity index (χ0v) is 12.0. The monoisotopic (exact) mass is 294 g/mol. The first-order valence-electron chi connectivity index (χ1n) is 7.35. The van der Waals surface area contributed by atoms with Gasteiger partial charge in [-0.25, -0.2) is 4.79 Å². The molecule has 1 aromatic rings. The van der Waals surface area contributed by atoms with Crippen LogP contribution < -0.4 is 0 Å². The van der Waals surface area contributed by atoms with Crippen molar-refractivity contribution < 1.29 is 24.5 Å². The lowest BCUT2D eigenvalue weighted by Gasteiger charge is -2.29. The maximum absolute atomic E-state index is 12.0. The van der Waals surface area contributed by atoms with Gasteiger partial charge in [-0.2, -0.15) is 0 Å². The van der Waals surface area contributed by atoms with Gasteiger partial charge in [-0.3, -0.25) is 0 Å². The van der Waals surface area contributed by atoms with Crippen molar-refractivity contribution in [2.24, 2.45) is 0 Å². The number of carbonyl (C=O) groups excluding carboxylic acids is 1. The minimum atomic E-state index is -0.850. The second kappa shape index (κ2) is 8.12. The fourth-order valence-electron chi connectivity index (χ4n) is 2.45. The number of benzene rings is 1. The molecule has 3 atom stereocenters. The van der Waals surface area contributed by atoms with Gasteiger partial charge in [-0.05, 0) is 31.4 Å². The third kappa shape index (κ3) is 5.12.